The molecule has 4 heterocycles. The molecule has 0 saturated heterocycles. The van der Waals surface area contributed by atoms with Crippen LogP contribution in [0.2, 0.25) is 0 Å². The van der Waals surface area contributed by atoms with Crippen LogP contribution in [0.5, 0.6) is 0 Å². The molecule has 0 saturated carbocycles. The van der Waals surface area contributed by atoms with Crippen molar-refractivity contribution in [1.29, 1.82) is 0 Å². The summed E-state index contributed by atoms with van der Waals surface area (Å²) >= 11 is 0. The summed E-state index contributed by atoms with van der Waals surface area (Å²) in [6.07, 6.45) is 0. The zero-order valence-corrected chi connectivity index (χ0v) is 69.1. The first-order chi connectivity index (χ1) is 57.9. The molecule has 0 atom stereocenters. The Balaban J connectivity index is 0.897. The molecule has 0 unspecified atom stereocenters. The lowest BCUT2D eigenvalue weighted by Gasteiger charge is -2.46. The summed E-state index contributed by atoms with van der Waals surface area (Å²) in [4.78, 5) is 5.44. The van der Waals surface area contributed by atoms with Gasteiger partial charge in [-0.15, -0.1) is 0 Å². The van der Waals surface area contributed by atoms with Crippen LogP contribution in [0, 0.1) is 27.7 Å². The molecule has 0 spiro atoms. The van der Waals surface area contributed by atoms with Gasteiger partial charge in [-0.3, -0.25) is 0 Å². The van der Waals surface area contributed by atoms with Crippen LogP contribution in [0.15, 0.2) is 370 Å². The van der Waals surface area contributed by atoms with Gasteiger partial charge in [-0.05, 0) is 266 Å². The normalized spacial score (nSPS) is 12.6. The fourth-order valence-corrected chi connectivity index (χ4v) is 19.2. The molecule has 0 bridgehead atoms. The average Bonchev–Trinajstić information content (AvgIpc) is 0.931. The van der Waals surface area contributed by atoms with E-state index in [2.05, 4.69) is 458 Å². The van der Waals surface area contributed by atoms with Crippen molar-refractivity contribution in [3.05, 3.63) is 403 Å². The van der Waals surface area contributed by atoms with E-state index in [0.717, 1.165) is 112 Å². The van der Waals surface area contributed by atoms with Gasteiger partial charge in [0, 0.05) is 77.9 Å². The van der Waals surface area contributed by atoms with Gasteiger partial charge in [-0.2, -0.15) is 0 Å². The van der Waals surface area contributed by atoms with E-state index < -0.39 is 0 Å². The molecule has 2 aliphatic rings. The molecule has 0 radical (unpaired) electrons. The van der Waals surface area contributed by atoms with Crippen molar-refractivity contribution < 1.29 is 0 Å². The fraction of sp³-hybridized carbons (Fsp3) is 0.105. The molecule has 119 heavy (non-hydrogen) atoms. The smallest absolute Gasteiger partial charge is 0.252 e. The maximum Gasteiger partial charge on any atom is 0.252 e. The second-order valence-electron chi connectivity index (χ2n) is 35.2. The van der Waals surface area contributed by atoms with Crippen molar-refractivity contribution in [2.75, 3.05) is 9.80 Å². The van der Waals surface area contributed by atoms with E-state index >= 15 is 0 Å². The monoisotopic (exact) mass is 1530 g/mol. The van der Waals surface area contributed by atoms with E-state index in [-0.39, 0.29) is 17.5 Å². The van der Waals surface area contributed by atoms with Crippen molar-refractivity contribution in [2.24, 2.45) is 0 Å². The third-order valence-corrected chi connectivity index (χ3v) is 25.2. The summed E-state index contributed by atoms with van der Waals surface area (Å²) in [5.74, 6) is 0. The van der Waals surface area contributed by atoms with Crippen LogP contribution in [0.25, 0.3) is 144 Å². The molecule has 0 aliphatic carbocycles. The quantitative estimate of drug-likeness (QED) is 0.113. The second kappa shape index (κ2) is 28.4. The topological polar surface area (TPSA) is 16.3 Å². The molecule has 0 N–H and O–H groups in total. The van der Waals surface area contributed by atoms with Crippen LogP contribution >= 0.6 is 0 Å². The summed E-state index contributed by atoms with van der Waals surface area (Å²) < 4.78 is 5.06. The van der Waals surface area contributed by atoms with Gasteiger partial charge in [0.05, 0.1) is 33.4 Å². The van der Waals surface area contributed by atoms with Crippen LogP contribution < -0.4 is 26.2 Å². The Bertz CT molecular complexity index is 6740. The van der Waals surface area contributed by atoms with Crippen LogP contribution in [0.3, 0.4) is 0 Å². The maximum absolute atomic E-state index is 2.72. The molecule has 0 amide bonds. The van der Waals surface area contributed by atoms with Gasteiger partial charge >= 0.3 is 0 Å². The van der Waals surface area contributed by atoms with Gasteiger partial charge in [-0.25, -0.2) is 0 Å². The number of nitrogens with zero attached hydrogens (tertiary/aromatic N) is 4. The number of hydrogen-bond donors (Lipinski definition) is 0. The standard InChI is InChI=1S/C114H91BN4/c1-72-46-54-102-96(58-72)97-59-73(2)47-55-103(97)116(102)90-50-52-100-108(70-90)118(111-92(78-32-19-13-20-33-78)66-88(113(5,6)7)68-94(111)86-42-25-40-84(64-86)82-38-23-36-80(62-82)76-28-15-11-16-29-76)106-44-27-45-107-110(106)115(100)101-53-51-91(117-104-56-48-74(3)60-98(104)99-61-75(4)49-57-105(99)117)71-109(101)119(107)112-93(79-34-21-14-22-35-79)67-89(114(8,9)10)69-95(112)87-43-26-41-85(65-87)83-39-24-37-81(63-83)77-30-17-12-18-31-77/h11-71H,1-10H3. The number of fused-ring (bicyclic) bond motifs is 10. The van der Waals surface area contributed by atoms with Crippen molar-refractivity contribution in [3.63, 3.8) is 0 Å². The van der Waals surface area contributed by atoms with Gasteiger partial charge < -0.3 is 18.9 Å². The summed E-state index contributed by atoms with van der Waals surface area (Å²) in [7, 11) is 0. The SMILES string of the molecule is Cc1ccc2c(c1)c1cc(C)ccc1n2-c1ccc2c(c1)N(c1c(-c3ccccc3)cc(C(C)(C)C)cc1-c1cccc(-c3cccc(-c4ccccc4)c3)c1)c1cccc3c1B2c1ccc(-n2c4ccc(C)cc4c4cc(C)ccc42)cc1N3c1c(-c2ccccc2)cc(C(C)(C)C)cc1-c1cccc(-c2cccc(-c3ccccc3)c2)c1. The Morgan fingerprint density at radius 1 is 0.218 bits per heavy atom. The van der Waals surface area contributed by atoms with Gasteiger partial charge in [0.15, 0.2) is 0 Å². The molecule has 570 valence electrons. The Kier molecular flexibility index (Phi) is 17.4. The highest BCUT2D eigenvalue weighted by atomic mass is 15.2. The molecular weight excluding hydrogens is 1440 g/mol. The molecule has 2 aromatic heterocycles. The fourth-order valence-electron chi connectivity index (χ4n) is 19.2. The second-order valence-corrected chi connectivity index (χ2v) is 35.2. The first-order valence-electron chi connectivity index (χ1n) is 42.0. The van der Waals surface area contributed by atoms with Gasteiger partial charge in [-0.1, -0.05) is 300 Å². The van der Waals surface area contributed by atoms with Crippen LogP contribution in [-0.2, 0) is 10.8 Å². The number of benzene rings is 17. The Labute approximate surface area is 699 Å². The van der Waals surface area contributed by atoms with Crippen LogP contribution in [-0.4, -0.2) is 15.8 Å². The van der Waals surface area contributed by atoms with E-state index in [9.17, 15) is 0 Å². The summed E-state index contributed by atoms with van der Waals surface area (Å²) in [6.45, 7) is 22.8. The van der Waals surface area contributed by atoms with Gasteiger partial charge in [0.2, 0.25) is 0 Å². The van der Waals surface area contributed by atoms with E-state index in [4.69, 9.17) is 0 Å². The average molecular weight is 1530 g/mol. The highest BCUT2D eigenvalue weighted by molar-refractivity contribution is 7.00. The molecular formula is C114H91BN4. The predicted octanol–water partition coefficient (Wildman–Crippen LogP) is 29.1. The Morgan fingerprint density at radius 2 is 0.487 bits per heavy atom. The van der Waals surface area contributed by atoms with Crippen molar-refractivity contribution >= 4 is 101 Å². The first kappa shape index (κ1) is 72.7. The molecule has 2 aliphatic heterocycles. The predicted molar refractivity (Wildman–Crippen MR) is 509 cm³/mol. The highest BCUT2D eigenvalue weighted by Gasteiger charge is 2.46. The zero-order valence-electron chi connectivity index (χ0n) is 69.1. The first-order valence-corrected chi connectivity index (χ1v) is 42.0. The lowest BCUT2D eigenvalue weighted by atomic mass is 9.33. The minimum absolute atomic E-state index is 0.252. The lowest BCUT2D eigenvalue weighted by molar-refractivity contribution is 0.590. The Hall–Kier alpha value is -14.0. The van der Waals surface area contributed by atoms with Crippen LogP contribution in [0.4, 0.5) is 34.1 Å². The zero-order chi connectivity index (χ0) is 80.7. The van der Waals surface area contributed by atoms with E-state index in [1.165, 1.54) is 116 Å². The van der Waals surface area contributed by atoms with Gasteiger partial charge in [0.25, 0.3) is 6.71 Å². The molecule has 4 nitrogen and oxygen atoms in total. The largest absolute Gasteiger partial charge is 0.310 e. The van der Waals surface area contributed by atoms with Crippen molar-refractivity contribution in [2.45, 2.75) is 80.1 Å². The van der Waals surface area contributed by atoms with Gasteiger partial charge in [0.1, 0.15) is 0 Å². The minimum Gasteiger partial charge on any atom is -0.310 e. The summed E-state index contributed by atoms with van der Waals surface area (Å²) in [5.41, 5.74) is 42.6. The molecule has 21 rings (SSSR count). The molecule has 17 aromatic carbocycles. The van der Waals surface area contributed by atoms with Crippen LogP contribution in [0.1, 0.15) is 74.9 Å². The summed E-state index contributed by atoms with van der Waals surface area (Å²) in [5, 5.41) is 4.98. The molecule has 19 aromatic rings. The molecule has 5 heteroatoms. The summed E-state index contributed by atoms with van der Waals surface area (Å²) in [6, 6.07) is 141. The number of aryl methyl sites for hydroxylation is 4. The number of hydrogen-bond acceptors (Lipinski definition) is 2. The number of anilines is 6. The van der Waals surface area contributed by atoms with E-state index in [1.807, 2.05) is 0 Å². The maximum atomic E-state index is 2.72. The number of aromatic nitrogens is 2. The third-order valence-electron chi connectivity index (χ3n) is 25.2. The van der Waals surface area contributed by atoms with E-state index in [1.54, 1.807) is 0 Å². The van der Waals surface area contributed by atoms with Crippen molar-refractivity contribution in [1.82, 2.24) is 9.13 Å². The minimum atomic E-state index is -0.274. The van der Waals surface area contributed by atoms with E-state index in [0.29, 0.717) is 0 Å². The lowest BCUT2D eigenvalue weighted by Crippen LogP contribution is -2.61. The Morgan fingerprint density at radius 3 is 0.807 bits per heavy atom. The van der Waals surface area contributed by atoms with Crippen molar-refractivity contribution in [3.8, 4) is 100 Å². The third kappa shape index (κ3) is 12.5. The highest BCUT2D eigenvalue weighted by Crippen LogP contribution is 2.56. The molecule has 0 fully saturated rings. The number of rotatable bonds is 12.